The van der Waals surface area contributed by atoms with E-state index in [9.17, 15) is 4.79 Å². The summed E-state index contributed by atoms with van der Waals surface area (Å²) in [5.41, 5.74) is 2.34. The Bertz CT molecular complexity index is 399. The molecule has 0 amide bonds. The third-order valence-corrected chi connectivity index (χ3v) is 3.01. The second-order valence-electron chi connectivity index (χ2n) is 5.54. The van der Waals surface area contributed by atoms with Crippen molar-refractivity contribution in [1.82, 2.24) is 9.78 Å². The highest BCUT2D eigenvalue weighted by molar-refractivity contribution is 5.18. The summed E-state index contributed by atoms with van der Waals surface area (Å²) >= 11 is 0. The van der Waals surface area contributed by atoms with E-state index < -0.39 is 0 Å². The normalized spacial score (nSPS) is 11.7. The van der Waals surface area contributed by atoms with Crippen LogP contribution in [0.2, 0.25) is 0 Å². The predicted molar refractivity (Wildman–Crippen MR) is 72.6 cm³/mol. The SMILES string of the molecule is CCCCc1c(CC(C)C)[nH]n(C(C)C)c1=O. The number of H-pyrrole nitrogens is 1. The molecule has 0 radical (unpaired) electrons. The monoisotopic (exact) mass is 238 g/mol. The molecule has 0 bridgehead atoms. The Morgan fingerprint density at radius 3 is 2.35 bits per heavy atom. The number of hydrogen-bond donors (Lipinski definition) is 1. The number of nitrogens with one attached hydrogen (secondary N) is 1. The standard InChI is InChI=1S/C14H26N2O/c1-6-7-8-12-13(9-10(2)3)15-16(11(4)5)14(12)17/h10-11,15H,6-9H2,1-5H3. The van der Waals surface area contributed by atoms with Crippen molar-refractivity contribution < 1.29 is 0 Å². The third-order valence-electron chi connectivity index (χ3n) is 3.01. The zero-order valence-corrected chi connectivity index (χ0v) is 11.8. The summed E-state index contributed by atoms with van der Waals surface area (Å²) in [5, 5.41) is 3.29. The number of aromatic amines is 1. The summed E-state index contributed by atoms with van der Waals surface area (Å²) in [7, 11) is 0. The van der Waals surface area contributed by atoms with Crippen molar-refractivity contribution in [3.05, 3.63) is 21.6 Å². The van der Waals surface area contributed by atoms with Crippen molar-refractivity contribution in [2.45, 2.75) is 66.3 Å². The van der Waals surface area contributed by atoms with Crippen LogP contribution in [0.1, 0.15) is 64.8 Å². The molecule has 1 N–H and O–H groups in total. The summed E-state index contributed by atoms with van der Waals surface area (Å²) < 4.78 is 1.77. The average Bonchev–Trinajstić information content (AvgIpc) is 2.52. The van der Waals surface area contributed by atoms with Gasteiger partial charge in [-0.2, -0.15) is 0 Å². The van der Waals surface area contributed by atoms with E-state index >= 15 is 0 Å². The Morgan fingerprint density at radius 1 is 1.24 bits per heavy atom. The fraction of sp³-hybridized carbons (Fsp3) is 0.786. The molecule has 1 aromatic heterocycles. The maximum absolute atomic E-state index is 12.3. The van der Waals surface area contributed by atoms with E-state index in [0.29, 0.717) is 5.92 Å². The molecule has 98 valence electrons. The lowest BCUT2D eigenvalue weighted by Gasteiger charge is -2.06. The van der Waals surface area contributed by atoms with Crippen molar-refractivity contribution in [1.29, 1.82) is 0 Å². The first-order chi connectivity index (χ1) is 7.97. The lowest BCUT2D eigenvalue weighted by atomic mass is 10.0. The molecule has 0 spiro atoms. The highest BCUT2D eigenvalue weighted by atomic mass is 16.1. The van der Waals surface area contributed by atoms with E-state index in [2.05, 4.69) is 25.9 Å². The largest absolute Gasteiger partial charge is 0.299 e. The molecule has 0 saturated carbocycles. The molecule has 0 aliphatic rings. The van der Waals surface area contributed by atoms with Gasteiger partial charge in [-0.25, -0.2) is 0 Å². The van der Waals surface area contributed by atoms with Crippen LogP contribution in [0.4, 0.5) is 0 Å². The van der Waals surface area contributed by atoms with E-state index in [0.717, 1.165) is 36.9 Å². The summed E-state index contributed by atoms with van der Waals surface area (Å²) in [5.74, 6) is 0.578. The molecule has 0 aliphatic heterocycles. The molecule has 0 atom stereocenters. The number of unbranched alkanes of at least 4 members (excludes halogenated alkanes) is 1. The van der Waals surface area contributed by atoms with Crippen LogP contribution >= 0.6 is 0 Å². The van der Waals surface area contributed by atoms with Crippen molar-refractivity contribution in [3.8, 4) is 0 Å². The van der Waals surface area contributed by atoms with Crippen LogP contribution in [0.15, 0.2) is 4.79 Å². The highest BCUT2D eigenvalue weighted by Gasteiger charge is 2.15. The predicted octanol–water partition coefficient (Wildman–Crippen LogP) is 3.30. The maximum Gasteiger partial charge on any atom is 0.270 e. The fourth-order valence-corrected chi connectivity index (χ4v) is 2.09. The van der Waals surface area contributed by atoms with Crippen LogP contribution in [0.25, 0.3) is 0 Å². The van der Waals surface area contributed by atoms with Gasteiger partial charge in [-0.1, -0.05) is 27.2 Å². The second kappa shape index (κ2) is 6.08. The van der Waals surface area contributed by atoms with Gasteiger partial charge in [-0.15, -0.1) is 0 Å². The average molecular weight is 238 g/mol. The summed E-state index contributed by atoms with van der Waals surface area (Å²) in [6.07, 6.45) is 4.10. The number of hydrogen-bond acceptors (Lipinski definition) is 1. The molecule has 0 unspecified atom stereocenters. The summed E-state index contributed by atoms with van der Waals surface area (Å²) in [4.78, 5) is 12.3. The molecule has 1 aromatic rings. The molecule has 0 aliphatic carbocycles. The summed E-state index contributed by atoms with van der Waals surface area (Å²) in [6.45, 7) is 10.6. The Labute approximate surface area is 104 Å². The van der Waals surface area contributed by atoms with Gasteiger partial charge in [0.05, 0.1) is 0 Å². The van der Waals surface area contributed by atoms with E-state index in [1.807, 2.05) is 13.8 Å². The molecule has 0 aromatic carbocycles. The minimum Gasteiger partial charge on any atom is -0.299 e. The first-order valence-corrected chi connectivity index (χ1v) is 6.79. The number of aromatic nitrogens is 2. The Hall–Kier alpha value is -0.990. The van der Waals surface area contributed by atoms with Crippen molar-refractivity contribution in [3.63, 3.8) is 0 Å². The number of nitrogens with zero attached hydrogens (tertiary/aromatic N) is 1. The topological polar surface area (TPSA) is 37.8 Å². The molecule has 0 saturated heterocycles. The molecule has 1 heterocycles. The first-order valence-electron chi connectivity index (χ1n) is 6.79. The first kappa shape index (κ1) is 14.1. The van der Waals surface area contributed by atoms with Gasteiger partial charge < -0.3 is 0 Å². The molecular weight excluding hydrogens is 212 g/mol. The van der Waals surface area contributed by atoms with Crippen molar-refractivity contribution >= 4 is 0 Å². The van der Waals surface area contributed by atoms with Crippen LogP contribution in [-0.2, 0) is 12.8 Å². The molecular formula is C14H26N2O. The van der Waals surface area contributed by atoms with Gasteiger partial charge in [0.2, 0.25) is 0 Å². The van der Waals surface area contributed by atoms with Gasteiger partial charge in [0.1, 0.15) is 0 Å². The number of rotatable bonds is 6. The molecule has 1 rings (SSSR count). The van der Waals surface area contributed by atoms with Gasteiger partial charge in [0, 0.05) is 17.3 Å². The lowest BCUT2D eigenvalue weighted by molar-refractivity contribution is 0.505. The van der Waals surface area contributed by atoms with E-state index in [1.165, 1.54) is 0 Å². The third kappa shape index (κ3) is 3.48. The van der Waals surface area contributed by atoms with Gasteiger partial charge in [0.25, 0.3) is 5.56 Å². The minimum absolute atomic E-state index is 0.184. The lowest BCUT2D eigenvalue weighted by Crippen LogP contribution is -2.20. The van der Waals surface area contributed by atoms with Crippen molar-refractivity contribution in [2.24, 2.45) is 5.92 Å². The van der Waals surface area contributed by atoms with E-state index in [1.54, 1.807) is 4.68 Å². The van der Waals surface area contributed by atoms with Crippen molar-refractivity contribution in [2.75, 3.05) is 0 Å². The second-order valence-corrected chi connectivity index (χ2v) is 5.54. The zero-order chi connectivity index (χ0) is 13.0. The molecule has 17 heavy (non-hydrogen) atoms. The Kier molecular flexibility index (Phi) is 5.03. The van der Waals surface area contributed by atoms with Gasteiger partial charge >= 0.3 is 0 Å². The highest BCUT2D eigenvalue weighted by Crippen LogP contribution is 2.13. The molecule has 3 heteroatoms. The van der Waals surface area contributed by atoms with Gasteiger partial charge in [-0.05, 0) is 39.0 Å². The van der Waals surface area contributed by atoms with E-state index in [-0.39, 0.29) is 11.6 Å². The fourth-order valence-electron chi connectivity index (χ4n) is 2.09. The zero-order valence-electron chi connectivity index (χ0n) is 11.8. The van der Waals surface area contributed by atoms with Crippen LogP contribution in [0.5, 0.6) is 0 Å². The Morgan fingerprint density at radius 2 is 1.88 bits per heavy atom. The van der Waals surface area contributed by atoms with Gasteiger partial charge in [0.15, 0.2) is 0 Å². The maximum atomic E-state index is 12.3. The van der Waals surface area contributed by atoms with E-state index in [4.69, 9.17) is 0 Å². The Balaban J connectivity index is 3.08. The van der Waals surface area contributed by atoms with Crippen LogP contribution in [0.3, 0.4) is 0 Å². The molecule has 3 nitrogen and oxygen atoms in total. The van der Waals surface area contributed by atoms with Gasteiger partial charge in [-0.3, -0.25) is 14.6 Å². The van der Waals surface area contributed by atoms with Crippen LogP contribution < -0.4 is 5.56 Å². The summed E-state index contributed by atoms with van der Waals surface area (Å²) in [6, 6.07) is 0.212. The van der Waals surface area contributed by atoms with Crippen LogP contribution in [0, 0.1) is 5.92 Å². The minimum atomic E-state index is 0.184. The van der Waals surface area contributed by atoms with Crippen LogP contribution in [-0.4, -0.2) is 9.78 Å². The molecule has 0 fully saturated rings. The smallest absolute Gasteiger partial charge is 0.270 e. The quantitative estimate of drug-likeness (QED) is 0.811.